The van der Waals surface area contributed by atoms with Gasteiger partial charge in [0.1, 0.15) is 5.69 Å². The van der Waals surface area contributed by atoms with Gasteiger partial charge in [0.05, 0.1) is 11.5 Å². The van der Waals surface area contributed by atoms with Crippen LogP contribution >= 0.6 is 11.3 Å². The number of hydrogen-bond donors (Lipinski definition) is 1. The summed E-state index contributed by atoms with van der Waals surface area (Å²) in [4.78, 5) is 25.3. The van der Waals surface area contributed by atoms with Gasteiger partial charge in [-0.15, -0.1) is 11.3 Å². The second kappa shape index (κ2) is 6.54. The fourth-order valence-electron chi connectivity index (χ4n) is 2.39. The van der Waals surface area contributed by atoms with E-state index in [4.69, 9.17) is 4.74 Å². The molecule has 0 aromatic carbocycles. The molecular weight excluding hydrogens is 316 g/mol. The van der Waals surface area contributed by atoms with E-state index in [1.807, 2.05) is 11.4 Å². The maximum atomic E-state index is 12.5. The molecule has 6 nitrogen and oxygen atoms in total. The molecule has 1 aliphatic carbocycles. The predicted octanol–water partition coefficient (Wildman–Crippen LogP) is 2.65. The van der Waals surface area contributed by atoms with Gasteiger partial charge in [-0.25, -0.2) is 9.48 Å². The van der Waals surface area contributed by atoms with Crippen LogP contribution in [0, 0.1) is 5.92 Å². The van der Waals surface area contributed by atoms with Crippen LogP contribution in [-0.2, 0) is 11.3 Å². The van der Waals surface area contributed by atoms with Gasteiger partial charge in [0.25, 0.3) is 5.56 Å². The van der Waals surface area contributed by atoms with E-state index in [0.717, 1.165) is 6.42 Å². The number of esters is 1. The number of nitrogens with zero attached hydrogens (tertiary/aromatic N) is 2. The summed E-state index contributed by atoms with van der Waals surface area (Å²) in [6, 6.07) is 3.61. The number of ether oxygens (including phenoxy) is 1. The predicted molar refractivity (Wildman–Crippen MR) is 86.8 cm³/mol. The van der Waals surface area contributed by atoms with Crippen LogP contribution in [0.25, 0.3) is 10.6 Å². The molecule has 0 saturated heterocycles. The maximum absolute atomic E-state index is 12.5. The van der Waals surface area contributed by atoms with Crippen LogP contribution < -0.4 is 5.56 Å². The highest BCUT2D eigenvalue weighted by Gasteiger charge is 2.26. The van der Waals surface area contributed by atoms with Crippen molar-refractivity contribution in [2.75, 3.05) is 6.61 Å². The van der Waals surface area contributed by atoms with Crippen molar-refractivity contribution in [2.24, 2.45) is 5.92 Å². The molecule has 1 saturated carbocycles. The Hall–Kier alpha value is -2.15. The minimum atomic E-state index is -0.810. The summed E-state index contributed by atoms with van der Waals surface area (Å²) in [7, 11) is 0. The number of aromatic hydroxyl groups is 1. The Balaban J connectivity index is 2.08. The van der Waals surface area contributed by atoms with Gasteiger partial charge in [0.2, 0.25) is 0 Å². The zero-order valence-corrected chi connectivity index (χ0v) is 13.6. The van der Waals surface area contributed by atoms with Crippen molar-refractivity contribution >= 4 is 17.3 Å². The minimum absolute atomic E-state index is 0.135. The van der Waals surface area contributed by atoms with Crippen LogP contribution in [0.1, 0.15) is 36.5 Å². The second-order valence-electron chi connectivity index (χ2n) is 5.53. The van der Waals surface area contributed by atoms with E-state index in [2.05, 4.69) is 5.10 Å². The number of rotatable bonds is 6. The van der Waals surface area contributed by atoms with Crippen molar-refractivity contribution in [3.63, 3.8) is 0 Å². The smallest absolute Gasteiger partial charge is 0.347 e. The SMILES string of the molecule is CCOC(=O)c1c(O)c(-c2cccs2)nn(CCC2CC2)c1=O. The van der Waals surface area contributed by atoms with Crippen molar-refractivity contribution in [2.45, 2.75) is 32.7 Å². The molecular formula is C16H18N2O4S. The molecule has 1 N–H and O–H groups in total. The van der Waals surface area contributed by atoms with Crippen molar-refractivity contribution < 1.29 is 14.6 Å². The van der Waals surface area contributed by atoms with Crippen LogP contribution in [0.15, 0.2) is 22.3 Å². The molecule has 1 aliphatic rings. The van der Waals surface area contributed by atoms with E-state index in [1.54, 1.807) is 13.0 Å². The van der Waals surface area contributed by atoms with E-state index >= 15 is 0 Å². The van der Waals surface area contributed by atoms with Gasteiger partial charge in [-0.05, 0) is 30.7 Å². The summed E-state index contributed by atoms with van der Waals surface area (Å²) < 4.78 is 6.20. The van der Waals surface area contributed by atoms with Crippen molar-refractivity contribution in [3.05, 3.63) is 33.4 Å². The zero-order chi connectivity index (χ0) is 16.4. The lowest BCUT2D eigenvalue weighted by Gasteiger charge is -2.11. The number of thiophene rings is 1. The molecule has 0 radical (unpaired) electrons. The molecule has 2 aromatic heterocycles. The lowest BCUT2D eigenvalue weighted by molar-refractivity contribution is 0.0519. The third kappa shape index (κ3) is 3.29. The fraction of sp³-hybridized carbons (Fsp3) is 0.438. The Morgan fingerprint density at radius 2 is 2.30 bits per heavy atom. The van der Waals surface area contributed by atoms with E-state index in [0.29, 0.717) is 17.3 Å². The topological polar surface area (TPSA) is 81.4 Å². The summed E-state index contributed by atoms with van der Waals surface area (Å²) in [5, 5.41) is 16.5. The van der Waals surface area contributed by atoms with Crippen LogP contribution in [0.4, 0.5) is 0 Å². The first kappa shape index (κ1) is 15.7. The first-order chi connectivity index (χ1) is 11.1. The summed E-state index contributed by atoms with van der Waals surface area (Å²) >= 11 is 1.39. The second-order valence-corrected chi connectivity index (χ2v) is 6.48. The average molecular weight is 334 g/mol. The first-order valence-corrected chi connectivity index (χ1v) is 8.54. The summed E-state index contributed by atoms with van der Waals surface area (Å²) in [5.41, 5.74) is -0.679. The first-order valence-electron chi connectivity index (χ1n) is 7.67. The molecule has 0 aliphatic heterocycles. The monoisotopic (exact) mass is 334 g/mol. The Kier molecular flexibility index (Phi) is 4.47. The van der Waals surface area contributed by atoms with Gasteiger partial charge in [-0.3, -0.25) is 4.79 Å². The molecule has 23 heavy (non-hydrogen) atoms. The molecule has 0 spiro atoms. The normalized spacial score (nSPS) is 14.0. The van der Waals surface area contributed by atoms with Gasteiger partial charge in [-0.1, -0.05) is 18.9 Å². The highest BCUT2D eigenvalue weighted by Crippen LogP contribution is 2.34. The Morgan fingerprint density at radius 3 is 2.91 bits per heavy atom. The third-order valence-corrected chi connectivity index (χ3v) is 4.69. The highest BCUT2D eigenvalue weighted by molar-refractivity contribution is 7.13. The van der Waals surface area contributed by atoms with Crippen LogP contribution in [0.2, 0.25) is 0 Å². The molecule has 2 heterocycles. The van der Waals surface area contributed by atoms with E-state index < -0.39 is 17.3 Å². The Morgan fingerprint density at radius 1 is 1.52 bits per heavy atom. The van der Waals surface area contributed by atoms with Crippen molar-refractivity contribution in [3.8, 4) is 16.3 Å². The standard InChI is InChI=1S/C16H18N2O4S/c1-2-22-16(21)12-14(19)13(11-4-3-9-23-11)17-18(15(12)20)8-7-10-5-6-10/h3-4,9-10,19H,2,5-8H2,1H3. The van der Waals surface area contributed by atoms with Gasteiger partial charge in [0, 0.05) is 6.54 Å². The van der Waals surface area contributed by atoms with Gasteiger partial charge in [-0.2, -0.15) is 5.10 Å². The average Bonchev–Trinajstić information content (AvgIpc) is 3.19. The lowest BCUT2D eigenvalue weighted by atomic mass is 10.2. The van der Waals surface area contributed by atoms with Gasteiger partial charge in [0.15, 0.2) is 11.3 Å². The number of carbonyl (C=O) groups excluding carboxylic acids is 1. The number of carbonyl (C=O) groups is 1. The Bertz CT molecular complexity index is 763. The minimum Gasteiger partial charge on any atom is -0.505 e. The quantitative estimate of drug-likeness (QED) is 0.821. The van der Waals surface area contributed by atoms with E-state index in [1.165, 1.54) is 28.9 Å². The number of aromatic nitrogens is 2. The molecule has 2 aromatic rings. The largest absolute Gasteiger partial charge is 0.505 e. The molecule has 3 rings (SSSR count). The van der Waals surface area contributed by atoms with E-state index in [-0.39, 0.29) is 17.9 Å². The maximum Gasteiger partial charge on any atom is 0.347 e. The molecule has 1 fully saturated rings. The van der Waals surface area contributed by atoms with Crippen LogP contribution in [0.5, 0.6) is 5.75 Å². The van der Waals surface area contributed by atoms with Crippen LogP contribution in [-0.4, -0.2) is 27.5 Å². The third-order valence-electron chi connectivity index (χ3n) is 3.81. The van der Waals surface area contributed by atoms with Gasteiger partial charge >= 0.3 is 5.97 Å². The summed E-state index contributed by atoms with van der Waals surface area (Å²) in [6.45, 7) is 2.23. The molecule has 0 atom stereocenters. The molecule has 7 heteroatoms. The summed E-state index contributed by atoms with van der Waals surface area (Å²) in [6.07, 6.45) is 3.20. The van der Waals surface area contributed by atoms with Crippen molar-refractivity contribution in [1.82, 2.24) is 9.78 Å². The molecule has 0 unspecified atom stereocenters. The number of aryl methyl sites for hydroxylation is 1. The summed E-state index contributed by atoms with van der Waals surface area (Å²) in [5.74, 6) is -0.581. The van der Waals surface area contributed by atoms with Gasteiger partial charge < -0.3 is 9.84 Å². The molecule has 0 amide bonds. The van der Waals surface area contributed by atoms with Crippen LogP contribution in [0.3, 0.4) is 0 Å². The zero-order valence-electron chi connectivity index (χ0n) is 12.8. The number of hydrogen-bond acceptors (Lipinski definition) is 6. The lowest BCUT2D eigenvalue weighted by Crippen LogP contribution is -2.30. The Labute approximate surface area is 137 Å². The molecule has 0 bridgehead atoms. The van der Waals surface area contributed by atoms with Crippen molar-refractivity contribution in [1.29, 1.82) is 0 Å². The fourth-order valence-corrected chi connectivity index (χ4v) is 3.10. The van der Waals surface area contributed by atoms with E-state index in [9.17, 15) is 14.7 Å². The molecule has 122 valence electrons. The highest BCUT2D eigenvalue weighted by atomic mass is 32.1.